The molecule has 0 aliphatic heterocycles. The molecule has 5 rings (SSSR count). The maximum atomic E-state index is 14.1. The smallest absolute Gasteiger partial charge is 0.338 e. The Morgan fingerprint density at radius 3 is 1.80 bits per heavy atom. The van der Waals surface area contributed by atoms with E-state index < -0.39 is 53.1 Å². The van der Waals surface area contributed by atoms with E-state index in [9.17, 15) is 9.59 Å². The average Bonchev–Trinajstić information content (AvgIpc) is 3.14. The Morgan fingerprint density at radius 2 is 1.28 bits per heavy atom. The van der Waals surface area contributed by atoms with Crippen LogP contribution in [0, 0.1) is 24.2 Å². The van der Waals surface area contributed by atoms with E-state index in [1.165, 1.54) is 0 Å². The van der Waals surface area contributed by atoms with Gasteiger partial charge in [-0.25, -0.2) is 9.59 Å². The number of carbonyl (C=O) groups is 2. The summed E-state index contributed by atoms with van der Waals surface area (Å²) >= 11 is 0. The molecule has 0 amide bonds. The molecular weight excluding hydrogens is 584 g/mol. The number of aryl methyl sites for hydroxylation is 1. The molecular formula is C38H42O8. The molecule has 0 saturated heterocycles. The second-order valence-corrected chi connectivity index (χ2v) is 12.1. The third-order valence-corrected chi connectivity index (χ3v) is 9.62. The second kappa shape index (κ2) is 13.5. The molecule has 3 aromatic carbocycles. The van der Waals surface area contributed by atoms with E-state index in [0.717, 1.165) is 11.1 Å². The van der Waals surface area contributed by atoms with Crippen molar-refractivity contribution in [2.24, 2.45) is 17.3 Å². The van der Waals surface area contributed by atoms with Crippen LogP contribution in [0.25, 0.3) is 0 Å². The molecule has 242 valence electrons. The van der Waals surface area contributed by atoms with Gasteiger partial charge in [-0.05, 0) is 66.6 Å². The first kappa shape index (κ1) is 33.0. The van der Waals surface area contributed by atoms with Gasteiger partial charge in [0.2, 0.25) is 0 Å². The van der Waals surface area contributed by atoms with Gasteiger partial charge in [-0.3, -0.25) is 0 Å². The summed E-state index contributed by atoms with van der Waals surface area (Å²) in [5.74, 6) is -0.801. The normalized spacial score (nSPS) is 28.5. The molecule has 2 aliphatic rings. The van der Waals surface area contributed by atoms with Crippen LogP contribution in [0.15, 0.2) is 97.1 Å². The van der Waals surface area contributed by atoms with E-state index in [1.54, 1.807) is 77.0 Å². The molecule has 0 spiro atoms. The highest BCUT2D eigenvalue weighted by Crippen LogP contribution is 2.58. The van der Waals surface area contributed by atoms with Crippen molar-refractivity contribution in [3.05, 3.63) is 119 Å². The van der Waals surface area contributed by atoms with Crippen LogP contribution in [-0.4, -0.2) is 58.7 Å². The van der Waals surface area contributed by atoms with Crippen LogP contribution in [0.4, 0.5) is 0 Å². The summed E-state index contributed by atoms with van der Waals surface area (Å²) in [7, 11) is 6.40. The molecule has 0 bridgehead atoms. The fourth-order valence-corrected chi connectivity index (χ4v) is 7.37. The topological polar surface area (TPSA) is 89.5 Å². The molecule has 3 aromatic rings. The van der Waals surface area contributed by atoms with Crippen molar-refractivity contribution in [1.29, 1.82) is 0 Å². The Hall–Kier alpha value is -4.40. The van der Waals surface area contributed by atoms with Gasteiger partial charge in [-0.2, -0.15) is 0 Å². The van der Waals surface area contributed by atoms with Gasteiger partial charge in [0.25, 0.3) is 0 Å². The van der Waals surface area contributed by atoms with Gasteiger partial charge in [-0.1, -0.05) is 62.4 Å². The second-order valence-electron chi connectivity index (χ2n) is 12.1. The monoisotopic (exact) mass is 626 g/mol. The largest absolute Gasteiger partial charge is 0.497 e. The highest BCUT2D eigenvalue weighted by molar-refractivity contribution is 5.90. The summed E-state index contributed by atoms with van der Waals surface area (Å²) < 4.78 is 36.6. The van der Waals surface area contributed by atoms with Gasteiger partial charge in [0.05, 0.1) is 31.5 Å². The molecule has 0 N–H and O–H groups in total. The Kier molecular flexibility index (Phi) is 9.70. The number of hydrogen-bond acceptors (Lipinski definition) is 8. The first-order valence-electron chi connectivity index (χ1n) is 15.3. The number of rotatable bonds is 9. The van der Waals surface area contributed by atoms with Gasteiger partial charge in [0.15, 0.2) is 6.10 Å². The van der Waals surface area contributed by atoms with Crippen molar-refractivity contribution in [1.82, 2.24) is 0 Å². The number of esters is 2. The predicted octanol–water partition coefficient (Wildman–Crippen LogP) is 6.72. The lowest BCUT2D eigenvalue weighted by Crippen LogP contribution is -2.57. The molecule has 0 aromatic heterocycles. The highest BCUT2D eigenvalue weighted by Gasteiger charge is 2.65. The molecule has 0 heterocycles. The maximum Gasteiger partial charge on any atom is 0.338 e. The third kappa shape index (κ3) is 5.72. The zero-order chi connectivity index (χ0) is 33.1. The summed E-state index contributed by atoms with van der Waals surface area (Å²) in [6, 6.07) is 21.3. The van der Waals surface area contributed by atoms with Gasteiger partial charge in [0, 0.05) is 31.5 Å². The van der Waals surface area contributed by atoms with Crippen molar-refractivity contribution in [2.75, 3.05) is 28.4 Å². The van der Waals surface area contributed by atoms with Crippen LogP contribution in [0.1, 0.15) is 45.7 Å². The van der Waals surface area contributed by atoms with Crippen LogP contribution in [0.5, 0.6) is 11.5 Å². The molecule has 46 heavy (non-hydrogen) atoms. The lowest BCUT2D eigenvalue weighted by atomic mass is 9.61. The quantitative estimate of drug-likeness (QED) is 0.242. The standard InChI is InChI=1S/C38H42O8/c1-24-12-8-9-13-30(24)38(44-7)31-14-10-11-23-37(31,3)33(43-6)25(2)32(45-35(39)26-15-19-28(41-4)20-16-26)34(38)46-36(40)27-17-21-29(42-5)22-18-27/h8-23,25,31-34H,1-7H3/t25?,31?,32-,33?,34-,37?,38+/m1/s1. The molecule has 0 radical (unpaired) electrons. The number of carbonyl (C=O) groups excluding carboxylic acids is 2. The van der Waals surface area contributed by atoms with E-state index in [-0.39, 0.29) is 0 Å². The molecule has 4 unspecified atom stereocenters. The van der Waals surface area contributed by atoms with Crippen molar-refractivity contribution >= 4 is 11.9 Å². The zero-order valence-corrected chi connectivity index (χ0v) is 27.4. The lowest BCUT2D eigenvalue weighted by Gasteiger charge is -2.50. The maximum absolute atomic E-state index is 14.1. The van der Waals surface area contributed by atoms with Gasteiger partial charge >= 0.3 is 11.9 Å². The molecule has 8 heteroatoms. The Labute approximate surface area is 270 Å². The Bertz CT molecular complexity index is 1590. The minimum absolute atomic E-state index is 0.317. The van der Waals surface area contributed by atoms with Crippen molar-refractivity contribution in [3.8, 4) is 11.5 Å². The van der Waals surface area contributed by atoms with Crippen LogP contribution in [0.3, 0.4) is 0 Å². The predicted molar refractivity (Wildman–Crippen MR) is 174 cm³/mol. The fourth-order valence-electron chi connectivity index (χ4n) is 7.37. The van der Waals surface area contributed by atoms with Crippen LogP contribution >= 0.6 is 0 Å². The number of ether oxygens (including phenoxy) is 6. The number of fused-ring (bicyclic) bond motifs is 1. The fraction of sp³-hybridized carbons (Fsp3) is 0.368. The molecule has 8 nitrogen and oxygen atoms in total. The molecule has 1 fully saturated rings. The highest BCUT2D eigenvalue weighted by atomic mass is 16.6. The zero-order valence-electron chi connectivity index (χ0n) is 27.4. The van der Waals surface area contributed by atoms with E-state index in [0.29, 0.717) is 22.6 Å². The lowest BCUT2D eigenvalue weighted by molar-refractivity contribution is -0.180. The number of hydrogen-bond donors (Lipinski definition) is 0. The SMILES string of the molecule is COc1ccc(C(=O)O[C@@H]2C(C)C(OC)C3(C)C=CC=CC3[C@@](OC)(c3ccccc3C)[C@@H]2OC(=O)c2ccc(OC)cc2)cc1. The number of benzene rings is 3. The Morgan fingerprint density at radius 1 is 0.717 bits per heavy atom. The van der Waals surface area contributed by atoms with Crippen molar-refractivity contribution < 1.29 is 38.0 Å². The van der Waals surface area contributed by atoms with E-state index in [2.05, 4.69) is 19.1 Å². The van der Waals surface area contributed by atoms with Crippen LogP contribution in [-0.2, 0) is 24.5 Å². The molecule has 7 atom stereocenters. The first-order chi connectivity index (χ1) is 22.1. The van der Waals surface area contributed by atoms with Crippen molar-refractivity contribution in [2.45, 2.75) is 44.7 Å². The first-order valence-corrected chi connectivity index (χ1v) is 15.3. The van der Waals surface area contributed by atoms with E-state index in [1.807, 2.05) is 50.3 Å². The van der Waals surface area contributed by atoms with E-state index in [4.69, 9.17) is 28.4 Å². The minimum Gasteiger partial charge on any atom is -0.497 e. The summed E-state index contributed by atoms with van der Waals surface area (Å²) in [6.07, 6.45) is 5.60. The number of allylic oxidation sites excluding steroid dienone is 2. The minimum atomic E-state index is -1.31. The summed E-state index contributed by atoms with van der Waals surface area (Å²) in [5.41, 5.74) is 0.425. The van der Waals surface area contributed by atoms with Gasteiger partial charge in [0.1, 0.15) is 23.2 Å². The van der Waals surface area contributed by atoms with Crippen molar-refractivity contribution in [3.63, 3.8) is 0 Å². The third-order valence-electron chi connectivity index (χ3n) is 9.62. The van der Waals surface area contributed by atoms with E-state index >= 15 is 0 Å². The number of methoxy groups -OCH3 is 4. The summed E-state index contributed by atoms with van der Waals surface area (Å²) in [6.45, 7) is 6.08. The molecule has 2 aliphatic carbocycles. The molecule has 1 saturated carbocycles. The van der Waals surface area contributed by atoms with Gasteiger partial charge < -0.3 is 28.4 Å². The average molecular weight is 627 g/mol. The van der Waals surface area contributed by atoms with Crippen LogP contribution in [0.2, 0.25) is 0 Å². The Balaban J connectivity index is 1.74. The summed E-state index contributed by atoms with van der Waals surface area (Å²) in [5, 5.41) is 0. The van der Waals surface area contributed by atoms with Crippen LogP contribution < -0.4 is 9.47 Å². The van der Waals surface area contributed by atoms with Gasteiger partial charge in [-0.15, -0.1) is 0 Å². The summed E-state index contributed by atoms with van der Waals surface area (Å²) in [4.78, 5) is 28.0.